The number of hydrogen-bond acceptors (Lipinski definition) is 3. The highest BCUT2D eigenvalue weighted by molar-refractivity contribution is 6.35. The summed E-state index contributed by atoms with van der Waals surface area (Å²) in [6.45, 7) is 7.23. The van der Waals surface area contributed by atoms with Crippen molar-refractivity contribution in [2.24, 2.45) is 0 Å². The van der Waals surface area contributed by atoms with Gasteiger partial charge in [-0.3, -0.25) is 9.36 Å². The summed E-state index contributed by atoms with van der Waals surface area (Å²) < 4.78 is 1.95. The molecule has 23 heavy (non-hydrogen) atoms. The van der Waals surface area contributed by atoms with Crippen LogP contribution in [-0.4, -0.2) is 20.3 Å². The Bertz CT molecular complexity index is 960. The molecule has 118 valence electrons. The molecule has 0 saturated heterocycles. The van der Waals surface area contributed by atoms with Gasteiger partial charge >= 0.3 is 0 Å². The molecule has 0 amide bonds. The molecule has 0 aliphatic heterocycles. The van der Waals surface area contributed by atoms with E-state index in [0.717, 1.165) is 22.3 Å². The Morgan fingerprint density at radius 3 is 2.43 bits per heavy atom. The number of Topliss-reactive ketones (excluding diaryl/α,β-unsaturated/α-hetero) is 1. The van der Waals surface area contributed by atoms with E-state index in [4.69, 9.17) is 23.2 Å². The number of nitrogens with zero attached hydrogens (tertiary/aromatic N) is 3. The number of benzene rings is 1. The fourth-order valence-corrected chi connectivity index (χ4v) is 3.28. The molecule has 0 N–H and O–H groups in total. The van der Waals surface area contributed by atoms with Crippen LogP contribution in [0.2, 0.25) is 10.0 Å². The molecule has 0 aliphatic carbocycles. The highest BCUT2D eigenvalue weighted by Crippen LogP contribution is 2.33. The van der Waals surface area contributed by atoms with E-state index >= 15 is 0 Å². The van der Waals surface area contributed by atoms with E-state index in [1.165, 1.54) is 6.92 Å². The smallest absolute Gasteiger partial charge is 0.178 e. The van der Waals surface area contributed by atoms with Gasteiger partial charge in [0.05, 0.1) is 16.1 Å². The zero-order chi connectivity index (χ0) is 16.9. The van der Waals surface area contributed by atoms with Gasteiger partial charge in [0.25, 0.3) is 0 Å². The predicted molar refractivity (Wildman–Crippen MR) is 93.1 cm³/mol. The molecule has 2 aromatic heterocycles. The summed E-state index contributed by atoms with van der Waals surface area (Å²) >= 11 is 12.4. The van der Waals surface area contributed by atoms with Gasteiger partial charge in [0, 0.05) is 17.6 Å². The molecule has 0 aliphatic rings. The van der Waals surface area contributed by atoms with Crippen LogP contribution in [0.1, 0.15) is 34.5 Å². The van der Waals surface area contributed by atoms with E-state index in [0.29, 0.717) is 27.2 Å². The summed E-state index contributed by atoms with van der Waals surface area (Å²) in [7, 11) is 0. The van der Waals surface area contributed by atoms with Gasteiger partial charge in [-0.05, 0) is 44.5 Å². The normalized spacial score (nSPS) is 11.2. The van der Waals surface area contributed by atoms with E-state index in [9.17, 15) is 4.79 Å². The minimum atomic E-state index is -0.0806. The van der Waals surface area contributed by atoms with Crippen LogP contribution in [0.25, 0.3) is 16.7 Å². The number of rotatable bonds is 2. The minimum Gasteiger partial charge on any atom is -0.297 e. The summed E-state index contributed by atoms with van der Waals surface area (Å²) in [4.78, 5) is 20.9. The van der Waals surface area contributed by atoms with Crippen LogP contribution in [0.5, 0.6) is 0 Å². The number of aromatic nitrogens is 3. The Labute approximate surface area is 144 Å². The Morgan fingerprint density at radius 1 is 1.13 bits per heavy atom. The number of aryl methyl sites for hydroxylation is 2. The molecule has 0 radical (unpaired) electrons. The molecule has 1 aromatic carbocycles. The van der Waals surface area contributed by atoms with Crippen molar-refractivity contribution < 1.29 is 4.79 Å². The van der Waals surface area contributed by atoms with E-state index in [-0.39, 0.29) is 5.78 Å². The van der Waals surface area contributed by atoms with E-state index in [1.54, 1.807) is 19.1 Å². The third kappa shape index (κ3) is 2.52. The molecule has 0 bridgehead atoms. The van der Waals surface area contributed by atoms with Gasteiger partial charge in [-0.2, -0.15) is 0 Å². The zero-order valence-corrected chi connectivity index (χ0v) is 14.7. The molecular weight excluding hydrogens is 333 g/mol. The molecule has 0 saturated carbocycles. The second kappa shape index (κ2) is 5.62. The fourth-order valence-electron chi connectivity index (χ4n) is 2.78. The lowest BCUT2D eigenvalue weighted by atomic mass is 10.1. The summed E-state index contributed by atoms with van der Waals surface area (Å²) in [6.07, 6.45) is 0. The summed E-state index contributed by atoms with van der Waals surface area (Å²) in [5.41, 5.74) is 3.83. The second-order valence-electron chi connectivity index (χ2n) is 5.52. The molecule has 0 spiro atoms. The Balaban J connectivity index is 2.47. The highest BCUT2D eigenvalue weighted by atomic mass is 35.5. The van der Waals surface area contributed by atoms with Gasteiger partial charge in [0.15, 0.2) is 5.78 Å². The molecule has 0 atom stereocenters. The summed E-state index contributed by atoms with van der Waals surface area (Å²) in [6, 6.07) is 5.32. The van der Waals surface area contributed by atoms with Crippen LogP contribution in [0.15, 0.2) is 18.2 Å². The van der Waals surface area contributed by atoms with Gasteiger partial charge < -0.3 is 0 Å². The lowest BCUT2D eigenvalue weighted by Gasteiger charge is -2.11. The zero-order valence-electron chi connectivity index (χ0n) is 13.2. The van der Waals surface area contributed by atoms with Crippen molar-refractivity contribution in [2.75, 3.05) is 0 Å². The van der Waals surface area contributed by atoms with Crippen molar-refractivity contribution >= 4 is 40.0 Å². The van der Waals surface area contributed by atoms with Crippen LogP contribution < -0.4 is 0 Å². The lowest BCUT2D eigenvalue weighted by molar-refractivity contribution is 0.101. The van der Waals surface area contributed by atoms with Crippen LogP contribution >= 0.6 is 23.2 Å². The summed E-state index contributed by atoms with van der Waals surface area (Å²) in [5.74, 6) is 0.467. The third-order valence-electron chi connectivity index (χ3n) is 3.95. The molecular formula is C17H15Cl2N3O. The maximum Gasteiger partial charge on any atom is 0.178 e. The first-order chi connectivity index (χ1) is 10.8. The maximum atomic E-state index is 12.0. The van der Waals surface area contributed by atoms with E-state index < -0.39 is 0 Å². The molecule has 0 unspecified atom stereocenters. The molecule has 3 rings (SSSR count). The average molecular weight is 348 g/mol. The highest BCUT2D eigenvalue weighted by Gasteiger charge is 2.21. The SMILES string of the molecule is CC(=O)c1nc(C)nc2c1c(C)c(C)n2-c1ccc(Cl)cc1Cl. The Kier molecular flexibility index (Phi) is 3.90. The predicted octanol–water partition coefficient (Wildman–Crippen LogP) is 4.86. The fraction of sp³-hybridized carbons (Fsp3) is 0.235. The molecule has 0 fully saturated rings. The third-order valence-corrected chi connectivity index (χ3v) is 4.49. The quantitative estimate of drug-likeness (QED) is 0.622. The van der Waals surface area contributed by atoms with Crippen molar-refractivity contribution in [2.45, 2.75) is 27.7 Å². The molecule has 2 heterocycles. The Morgan fingerprint density at radius 2 is 1.83 bits per heavy atom. The Hall–Kier alpha value is -1.91. The van der Waals surface area contributed by atoms with Gasteiger partial charge in [-0.15, -0.1) is 0 Å². The van der Waals surface area contributed by atoms with E-state index in [2.05, 4.69) is 9.97 Å². The number of carbonyl (C=O) groups is 1. The topological polar surface area (TPSA) is 47.8 Å². The number of ketones is 1. The minimum absolute atomic E-state index is 0.0806. The standard InChI is InChI=1S/C17H15Cl2N3O/c1-8-9(2)22(14-6-5-12(18)7-13(14)19)17-15(8)16(10(3)23)20-11(4)21-17/h5-7H,1-4H3. The molecule has 6 heteroatoms. The van der Waals surface area contributed by atoms with Crippen molar-refractivity contribution in [3.8, 4) is 5.69 Å². The summed E-state index contributed by atoms with van der Waals surface area (Å²) in [5, 5.41) is 1.87. The van der Waals surface area contributed by atoms with Crippen LogP contribution in [0.3, 0.4) is 0 Å². The van der Waals surface area contributed by atoms with Gasteiger partial charge in [0.1, 0.15) is 17.2 Å². The van der Waals surface area contributed by atoms with Crippen molar-refractivity contribution in [3.05, 3.63) is 51.0 Å². The maximum absolute atomic E-state index is 12.0. The van der Waals surface area contributed by atoms with Crippen molar-refractivity contribution in [1.29, 1.82) is 0 Å². The average Bonchev–Trinajstić information content (AvgIpc) is 2.71. The van der Waals surface area contributed by atoms with Crippen LogP contribution in [0, 0.1) is 20.8 Å². The van der Waals surface area contributed by atoms with Crippen molar-refractivity contribution in [1.82, 2.24) is 14.5 Å². The first kappa shape index (κ1) is 16.0. The number of halogens is 2. The largest absolute Gasteiger partial charge is 0.297 e. The monoisotopic (exact) mass is 347 g/mol. The van der Waals surface area contributed by atoms with Gasteiger partial charge in [-0.25, -0.2) is 9.97 Å². The van der Waals surface area contributed by atoms with Gasteiger partial charge in [0.2, 0.25) is 0 Å². The first-order valence-corrected chi connectivity index (χ1v) is 7.89. The lowest BCUT2D eigenvalue weighted by Crippen LogP contribution is -2.04. The molecule has 3 aromatic rings. The molecule has 4 nitrogen and oxygen atoms in total. The van der Waals surface area contributed by atoms with Crippen LogP contribution in [0.4, 0.5) is 0 Å². The van der Waals surface area contributed by atoms with E-state index in [1.807, 2.05) is 24.5 Å². The van der Waals surface area contributed by atoms with Crippen LogP contribution in [-0.2, 0) is 0 Å². The number of hydrogen-bond donors (Lipinski definition) is 0. The number of fused-ring (bicyclic) bond motifs is 1. The number of carbonyl (C=O) groups excluding carboxylic acids is 1. The first-order valence-electron chi connectivity index (χ1n) is 7.14. The second-order valence-corrected chi connectivity index (χ2v) is 6.36. The van der Waals surface area contributed by atoms with Gasteiger partial charge in [-0.1, -0.05) is 23.2 Å². The van der Waals surface area contributed by atoms with Crippen molar-refractivity contribution in [3.63, 3.8) is 0 Å².